The second-order valence-corrected chi connectivity index (χ2v) is 6.69. The summed E-state index contributed by atoms with van der Waals surface area (Å²) in [7, 11) is 0. The van der Waals surface area contributed by atoms with E-state index in [1.165, 1.54) is 49.3 Å². The van der Waals surface area contributed by atoms with Crippen molar-refractivity contribution in [3.8, 4) is 16.9 Å². The highest BCUT2D eigenvalue weighted by atomic mass is 16.5. The van der Waals surface area contributed by atoms with Gasteiger partial charge in [0.25, 0.3) is 0 Å². The molecular weight excluding hydrogens is 332 g/mol. The highest BCUT2D eigenvalue weighted by molar-refractivity contribution is 5.84. The number of rotatable bonds is 10. The summed E-state index contributed by atoms with van der Waals surface area (Å²) >= 11 is 0. The summed E-state index contributed by atoms with van der Waals surface area (Å²) in [5.74, 6) is 0.182. The smallest absolute Gasteiger partial charge is 0.336 e. The Kier molecular flexibility index (Phi) is 9.12. The van der Waals surface area contributed by atoms with Crippen molar-refractivity contribution in [3.63, 3.8) is 0 Å². The van der Waals surface area contributed by atoms with Crippen LogP contribution in [-0.2, 0) is 11.2 Å². The van der Waals surface area contributed by atoms with Crippen LogP contribution in [0.1, 0.15) is 51.5 Å². The van der Waals surface area contributed by atoms with Crippen LogP contribution < -0.4 is 4.74 Å². The molecule has 0 amide bonds. The van der Waals surface area contributed by atoms with Crippen LogP contribution in [0.4, 0.5) is 0 Å². The van der Waals surface area contributed by atoms with Crippen LogP contribution in [0.3, 0.4) is 0 Å². The Bertz CT molecular complexity index is 737. The van der Waals surface area contributed by atoms with Crippen molar-refractivity contribution in [2.24, 2.45) is 0 Å². The number of hydrogen-bond donors (Lipinski definition) is 0. The first kappa shape index (κ1) is 20.7. The van der Waals surface area contributed by atoms with Gasteiger partial charge < -0.3 is 4.74 Å². The van der Waals surface area contributed by atoms with Gasteiger partial charge in [-0.05, 0) is 48.6 Å². The molecule has 0 saturated heterocycles. The fraction of sp³-hybridized carbons (Fsp3) is 0.320. The maximum Gasteiger partial charge on any atom is 0.336 e. The van der Waals surface area contributed by atoms with Crippen LogP contribution in [0.5, 0.6) is 5.75 Å². The fourth-order valence-electron chi connectivity index (χ4n) is 2.91. The normalized spacial score (nSPS) is 11.3. The monoisotopic (exact) mass is 362 g/mol. The molecule has 27 heavy (non-hydrogen) atoms. The summed E-state index contributed by atoms with van der Waals surface area (Å²) in [6.07, 6.45) is 14.4. The lowest BCUT2D eigenvalue weighted by molar-refractivity contribution is -0.128. The Balaban J connectivity index is 1.88. The Morgan fingerprint density at radius 2 is 1.48 bits per heavy atom. The zero-order valence-corrected chi connectivity index (χ0v) is 16.5. The average Bonchev–Trinajstić information content (AvgIpc) is 2.69. The molecule has 0 heterocycles. The maximum atomic E-state index is 11.7. The topological polar surface area (TPSA) is 26.3 Å². The van der Waals surface area contributed by atoms with Crippen molar-refractivity contribution in [3.05, 3.63) is 78.4 Å². The number of esters is 1. The molecule has 2 aromatic rings. The minimum Gasteiger partial charge on any atom is -0.423 e. The molecule has 0 aromatic heterocycles. The van der Waals surface area contributed by atoms with Crippen molar-refractivity contribution in [1.82, 2.24) is 0 Å². The van der Waals surface area contributed by atoms with Gasteiger partial charge in [-0.1, -0.05) is 87.2 Å². The number of aryl methyl sites for hydroxylation is 1. The Morgan fingerprint density at radius 3 is 2.11 bits per heavy atom. The number of hydrogen-bond acceptors (Lipinski definition) is 2. The van der Waals surface area contributed by atoms with Crippen LogP contribution in [0, 0.1) is 0 Å². The second-order valence-electron chi connectivity index (χ2n) is 6.69. The zero-order valence-electron chi connectivity index (χ0n) is 16.5. The van der Waals surface area contributed by atoms with Crippen LogP contribution in [0.15, 0.2) is 72.8 Å². The maximum absolute atomic E-state index is 11.7. The first-order valence-corrected chi connectivity index (χ1v) is 9.93. The summed E-state index contributed by atoms with van der Waals surface area (Å²) < 4.78 is 5.28. The summed E-state index contributed by atoms with van der Waals surface area (Å²) in [5.41, 5.74) is 3.69. The molecule has 0 saturated carbocycles. The molecule has 0 aliphatic carbocycles. The van der Waals surface area contributed by atoms with Crippen LogP contribution in [-0.4, -0.2) is 5.97 Å². The summed E-state index contributed by atoms with van der Waals surface area (Å²) in [6.45, 7) is 4.14. The van der Waals surface area contributed by atoms with E-state index in [0.717, 1.165) is 12.0 Å². The van der Waals surface area contributed by atoms with Gasteiger partial charge >= 0.3 is 5.97 Å². The number of allylic oxidation sites excluding steroid dienone is 3. The molecule has 0 spiro atoms. The second kappa shape index (κ2) is 11.9. The van der Waals surface area contributed by atoms with E-state index in [2.05, 4.69) is 31.2 Å². The molecule has 0 aliphatic heterocycles. The Morgan fingerprint density at radius 1 is 0.852 bits per heavy atom. The van der Waals surface area contributed by atoms with Gasteiger partial charge in [0.05, 0.1) is 0 Å². The van der Waals surface area contributed by atoms with E-state index in [1.807, 2.05) is 37.3 Å². The molecule has 142 valence electrons. The zero-order chi connectivity index (χ0) is 19.3. The molecule has 0 unspecified atom stereocenters. The van der Waals surface area contributed by atoms with Gasteiger partial charge in [0.1, 0.15) is 5.75 Å². The van der Waals surface area contributed by atoms with Gasteiger partial charge in [0, 0.05) is 6.08 Å². The van der Waals surface area contributed by atoms with E-state index in [0.29, 0.717) is 5.75 Å². The van der Waals surface area contributed by atoms with E-state index in [-0.39, 0.29) is 5.97 Å². The molecule has 0 radical (unpaired) electrons. The predicted molar refractivity (Wildman–Crippen MR) is 114 cm³/mol. The van der Waals surface area contributed by atoms with Gasteiger partial charge in [0.15, 0.2) is 0 Å². The van der Waals surface area contributed by atoms with E-state index in [9.17, 15) is 4.79 Å². The first-order chi connectivity index (χ1) is 13.2. The SMILES string of the molecule is C/C=C/C=C/C(=O)Oc1ccc(-c2ccc(CCCCCCC)cc2)cc1. The molecular formula is C25H30O2. The van der Waals surface area contributed by atoms with Gasteiger partial charge in [-0.25, -0.2) is 4.79 Å². The summed E-state index contributed by atoms with van der Waals surface area (Å²) in [6, 6.07) is 16.4. The lowest BCUT2D eigenvalue weighted by Crippen LogP contribution is -2.03. The number of carbonyl (C=O) groups excluding carboxylic acids is 1. The lowest BCUT2D eigenvalue weighted by Gasteiger charge is -2.06. The van der Waals surface area contributed by atoms with E-state index in [4.69, 9.17) is 4.74 Å². The third-order valence-electron chi connectivity index (χ3n) is 4.46. The van der Waals surface area contributed by atoms with Gasteiger partial charge in [0.2, 0.25) is 0 Å². The van der Waals surface area contributed by atoms with Crippen molar-refractivity contribution in [1.29, 1.82) is 0 Å². The molecule has 2 heteroatoms. The Hall–Kier alpha value is -2.61. The average molecular weight is 363 g/mol. The van der Waals surface area contributed by atoms with Crippen molar-refractivity contribution in [2.45, 2.75) is 52.4 Å². The number of carbonyl (C=O) groups is 1. The summed E-state index contributed by atoms with van der Waals surface area (Å²) in [5, 5.41) is 0. The van der Waals surface area contributed by atoms with Crippen molar-refractivity contribution in [2.75, 3.05) is 0 Å². The van der Waals surface area contributed by atoms with Crippen molar-refractivity contribution >= 4 is 5.97 Å². The lowest BCUT2D eigenvalue weighted by atomic mass is 10.0. The van der Waals surface area contributed by atoms with Gasteiger partial charge in [-0.3, -0.25) is 0 Å². The molecule has 0 bridgehead atoms. The molecule has 2 aromatic carbocycles. The number of ether oxygens (including phenoxy) is 1. The van der Waals surface area contributed by atoms with E-state index < -0.39 is 0 Å². The molecule has 0 fully saturated rings. The fourth-order valence-corrected chi connectivity index (χ4v) is 2.91. The molecule has 2 rings (SSSR count). The molecule has 0 atom stereocenters. The van der Waals surface area contributed by atoms with Crippen LogP contribution in [0.2, 0.25) is 0 Å². The Labute approximate surface area is 163 Å². The highest BCUT2D eigenvalue weighted by Crippen LogP contribution is 2.23. The standard InChI is InChI=1S/C25H30O2/c1-3-5-7-8-10-11-21-13-15-22(16-14-21)23-17-19-24(20-18-23)27-25(26)12-9-6-4-2/h4,6,9,12-20H,3,5,7-8,10-11H2,1-2H3/b6-4+,12-9+. The number of unbranched alkanes of at least 4 members (excludes halogenated alkanes) is 4. The first-order valence-electron chi connectivity index (χ1n) is 9.93. The van der Waals surface area contributed by atoms with Crippen molar-refractivity contribution < 1.29 is 9.53 Å². The largest absolute Gasteiger partial charge is 0.423 e. The third-order valence-corrected chi connectivity index (χ3v) is 4.46. The highest BCUT2D eigenvalue weighted by Gasteiger charge is 2.02. The van der Waals surface area contributed by atoms with Gasteiger partial charge in [-0.15, -0.1) is 0 Å². The molecule has 0 N–H and O–H groups in total. The van der Waals surface area contributed by atoms with Gasteiger partial charge in [-0.2, -0.15) is 0 Å². The number of benzene rings is 2. The van der Waals surface area contributed by atoms with E-state index >= 15 is 0 Å². The van der Waals surface area contributed by atoms with Crippen LogP contribution in [0.25, 0.3) is 11.1 Å². The minimum atomic E-state index is -0.371. The van der Waals surface area contributed by atoms with E-state index in [1.54, 1.807) is 12.2 Å². The summed E-state index contributed by atoms with van der Waals surface area (Å²) in [4.78, 5) is 11.7. The minimum absolute atomic E-state index is 0.371. The third kappa shape index (κ3) is 7.65. The predicted octanol–water partition coefficient (Wildman–Crippen LogP) is 6.90. The van der Waals surface area contributed by atoms with Crippen LogP contribution >= 0.6 is 0 Å². The quantitative estimate of drug-likeness (QED) is 0.151. The molecule has 2 nitrogen and oxygen atoms in total. The molecule has 0 aliphatic rings.